The molecule has 0 saturated heterocycles. The molecule has 29 heavy (non-hydrogen) atoms. The van der Waals surface area contributed by atoms with Gasteiger partial charge >= 0.3 is 0 Å². The predicted octanol–water partition coefficient (Wildman–Crippen LogP) is 4.12. The monoisotopic (exact) mass is 395 g/mol. The molecule has 7 nitrogen and oxygen atoms in total. The second-order valence-electron chi connectivity index (χ2n) is 6.22. The molecule has 0 bridgehead atoms. The average Bonchev–Trinajstić information content (AvgIpc) is 2.69. The lowest BCUT2D eigenvalue weighted by Gasteiger charge is -2.11. The van der Waals surface area contributed by atoms with Gasteiger partial charge in [-0.1, -0.05) is 12.1 Å². The Balaban J connectivity index is 1.56. The molecule has 0 aliphatic heterocycles. The fourth-order valence-electron chi connectivity index (χ4n) is 2.56. The molecule has 3 aromatic rings. The van der Waals surface area contributed by atoms with Gasteiger partial charge in [-0.05, 0) is 50.2 Å². The largest absolute Gasteiger partial charge is 0.481 e. The van der Waals surface area contributed by atoms with Crippen LogP contribution in [0.15, 0.2) is 54.6 Å². The van der Waals surface area contributed by atoms with Crippen LogP contribution in [-0.2, 0) is 4.79 Å². The molecule has 1 heterocycles. The van der Waals surface area contributed by atoms with Gasteiger partial charge in [-0.2, -0.15) is 4.98 Å². The molecule has 2 aromatic carbocycles. The first kappa shape index (κ1) is 20.1. The number of hydrogen-bond acceptors (Lipinski definition) is 6. The van der Waals surface area contributed by atoms with Crippen molar-refractivity contribution in [3.63, 3.8) is 0 Å². The van der Waals surface area contributed by atoms with E-state index in [0.717, 1.165) is 17.9 Å². The molecule has 1 amide bonds. The van der Waals surface area contributed by atoms with Gasteiger partial charge in [0.15, 0.2) is 18.2 Å². The van der Waals surface area contributed by atoms with Crippen LogP contribution in [0.5, 0.6) is 5.75 Å². The molecule has 3 N–H and O–H groups in total. The van der Waals surface area contributed by atoms with Gasteiger partial charge in [-0.3, -0.25) is 4.79 Å². The van der Waals surface area contributed by atoms with Crippen molar-refractivity contribution in [3.05, 3.63) is 66.1 Å². The minimum Gasteiger partial charge on any atom is -0.481 e. The van der Waals surface area contributed by atoms with Gasteiger partial charge in [0.1, 0.15) is 5.82 Å². The molecule has 0 fully saturated rings. The summed E-state index contributed by atoms with van der Waals surface area (Å²) in [5.41, 5.74) is 2.26. The van der Waals surface area contributed by atoms with Crippen molar-refractivity contribution in [1.29, 1.82) is 0 Å². The number of carbonyl (C=O) groups excluding carboxylic acids is 1. The zero-order valence-corrected chi connectivity index (χ0v) is 16.2. The topological polar surface area (TPSA) is 88.2 Å². The summed E-state index contributed by atoms with van der Waals surface area (Å²) in [4.78, 5) is 20.7. The molecule has 0 aliphatic carbocycles. The van der Waals surface area contributed by atoms with E-state index in [2.05, 4.69) is 25.9 Å². The van der Waals surface area contributed by atoms with E-state index in [4.69, 9.17) is 4.74 Å². The summed E-state index contributed by atoms with van der Waals surface area (Å²) in [6.45, 7) is 4.33. The first-order chi connectivity index (χ1) is 14.0. The van der Waals surface area contributed by atoms with Crippen molar-refractivity contribution in [1.82, 2.24) is 9.97 Å². The highest BCUT2D eigenvalue weighted by molar-refractivity contribution is 5.92. The summed E-state index contributed by atoms with van der Waals surface area (Å²) in [6, 6.07) is 14.9. The predicted molar refractivity (Wildman–Crippen MR) is 111 cm³/mol. The molecule has 0 aliphatic rings. The van der Waals surface area contributed by atoms with Crippen LogP contribution in [0.25, 0.3) is 0 Å². The van der Waals surface area contributed by atoms with Crippen LogP contribution in [-0.4, -0.2) is 29.0 Å². The Hall–Kier alpha value is -3.68. The zero-order chi connectivity index (χ0) is 20.6. The first-order valence-corrected chi connectivity index (χ1v) is 9.17. The van der Waals surface area contributed by atoms with E-state index in [1.807, 2.05) is 32.0 Å². The van der Waals surface area contributed by atoms with Crippen molar-refractivity contribution in [2.75, 3.05) is 29.1 Å². The zero-order valence-electron chi connectivity index (χ0n) is 16.2. The number of para-hydroxylation sites is 1. The molecule has 3 rings (SSSR count). The van der Waals surface area contributed by atoms with Crippen LogP contribution in [0, 0.1) is 12.7 Å². The number of rotatable bonds is 8. The summed E-state index contributed by atoms with van der Waals surface area (Å²) >= 11 is 0. The van der Waals surface area contributed by atoms with Gasteiger partial charge in [-0.25, -0.2) is 9.37 Å². The first-order valence-electron chi connectivity index (χ1n) is 9.17. The van der Waals surface area contributed by atoms with Crippen molar-refractivity contribution in [2.24, 2.45) is 0 Å². The average molecular weight is 395 g/mol. The van der Waals surface area contributed by atoms with E-state index in [9.17, 15) is 9.18 Å². The van der Waals surface area contributed by atoms with Crippen molar-refractivity contribution < 1.29 is 13.9 Å². The highest BCUT2D eigenvalue weighted by Gasteiger charge is 2.07. The third kappa shape index (κ3) is 5.90. The van der Waals surface area contributed by atoms with E-state index < -0.39 is 5.82 Å². The number of aromatic nitrogens is 2. The van der Waals surface area contributed by atoms with Gasteiger partial charge < -0.3 is 20.7 Å². The fraction of sp³-hybridized carbons (Fsp3) is 0.190. The molecule has 0 unspecified atom stereocenters. The highest BCUT2D eigenvalue weighted by Crippen LogP contribution is 2.19. The van der Waals surface area contributed by atoms with Crippen molar-refractivity contribution >= 4 is 29.0 Å². The number of ether oxygens (including phenoxy) is 1. The van der Waals surface area contributed by atoms with E-state index >= 15 is 0 Å². The lowest BCUT2D eigenvalue weighted by Crippen LogP contribution is -2.20. The van der Waals surface area contributed by atoms with Gasteiger partial charge in [0, 0.05) is 29.7 Å². The molecule has 1 aromatic heterocycles. The molecule has 0 atom stereocenters. The van der Waals surface area contributed by atoms with Crippen LogP contribution < -0.4 is 20.7 Å². The van der Waals surface area contributed by atoms with Crippen molar-refractivity contribution in [2.45, 2.75) is 13.8 Å². The number of carbonyl (C=O) groups is 1. The maximum absolute atomic E-state index is 13.5. The number of nitrogens with zero attached hydrogens (tertiary/aromatic N) is 2. The van der Waals surface area contributed by atoms with Crippen LogP contribution >= 0.6 is 0 Å². The molecular weight excluding hydrogens is 373 g/mol. The number of anilines is 4. The van der Waals surface area contributed by atoms with Gasteiger partial charge in [0.25, 0.3) is 5.91 Å². The second kappa shape index (κ2) is 9.50. The molecule has 0 spiro atoms. The third-order valence-electron chi connectivity index (χ3n) is 3.83. The van der Waals surface area contributed by atoms with E-state index in [-0.39, 0.29) is 18.3 Å². The minimum absolute atomic E-state index is 0.0410. The molecule has 8 heteroatoms. The summed E-state index contributed by atoms with van der Waals surface area (Å²) in [6.07, 6.45) is 0. The molecule has 0 saturated carbocycles. The third-order valence-corrected chi connectivity index (χ3v) is 3.83. The number of benzene rings is 2. The minimum atomic E-state index is -0.507. The summed E-state index contributed by atoms with van der Waals surface area (Å²) < 4.78 is 18.7. The smallest absolute Gasteiger partial charge is 0.262 e. The number of hydrogen-bond donors (Lipinski definition) is 3. The summed E-state index contributed by atoms with van der Waals surface area (Å²) in [5, 5.41) is 9.00. The maximum atomic E-state index is 13.5. The summed E-state index contributed by atoms with van der Waals surface area (Å²) in [5.74, 6) is 0.389. The lowest BCUT2D eigenvalue weighted by molar-refractivity contribution is -0.118. The number of aryl methyl sites for hydroxylation is 1. The Morgan fingerprint density at radius 2 is 1.79 bits per heavy atom. The standard InChI is InChI=1S/C21H22FN5O2/c1-3-23-21-24-14(2)12-19(27-21)25-15-8-10-16(11-9-15)26-20(28)13-29-18-7-5-4-6-17(18)22/h4-12H,3,13H2,1-2H3,(H,26,28)(H2,23,24,25,27). The summed E-state index contributed by atoms with van der Waals surface area (Å²) in [7, 11) is 0. The number of amides is 1. The normalized spacial score (nSPS) is 10.3. The molecule has 150 valence electrons. The maximum Gasteiger partial charge on any atom is 0.262 e. The van der Waals surface area contributed by atoms with Crippen LogP contribution in [0.2, 0.25) is 0 Å². The van der Waals surface area contributed by atoms with Crippen LogP contribution in [0.4, 0.5) is 27.5 Å². The Kier molecular flexibility index (Phi) is 6.57. The lowest BCUT2D eigenvalue weighted by atomic mass is 10.2. The van der Waals surface area contributed by atoms with Gasteiger partial charge in [0.2, 0.25) is 5.95 Å². The number of nitrogens with one attached hydrogen (secondary N) is 3. The quantitative estimate of drug-likeness (QED) is 0.532. The SMILES string of the molecule is CCNc1nc(C)cc(Nc2ccc(NC(=O)COc3ccccc3F)cc2)n1. The van der Waals surface area contributed by atoms with Gasteiger partial charge in [-0.15, -0.1) is 0 Å². The van der Waals surface area contributed by atoms with E-state index in [1.54, 1.807) is 24.3 Å². The Labute approximate surface area is 168 Å². The number of halogens is 1. The molecular formula is C21H22FN5O2. The fourth-order valence-corrected chi connectivity index (χ4v) is 2.56. The second-order valence-corrected chi connectivity index (χ2v) is 6.22. The van der Waals surface area contributed by atoms with Crippen LogP contribution in [0.1, 0.15) is 12.6 Å². The van der Waals surface area contributed by atoms with Crippen LogP contribution in [0.3, 0.4) is 0 Å². The van der Waals surface area contributed by atoms with Gasteiger partial charge in [0.05, 0.1) is 0 Å². The Morgan fingerprint density at radius 1 is 1.07 bits per heavy atom. The van der Waals surface area contributed by atoms with E-state index in [1.165, 1.54) is 12.1 Å². The van der Waals surface area contributed by atoms with E-state index in [0.29, 0.717) is 17.5 Å². The Morgan fingerprint density at radius 3 is 2.52 bits per heavy atom. The highest BCUT2D eigenvalue weighted by atomic mass is 19.1. The molecule has 0 radical (unpaired) electrons. The Bertz CT molecular complexity index is 979. The van der Waals surface area contributed by atoms with Crippen molar-refractivity contribution in [3.8, 4) is 5.75 Å².